The highest BCUT2D eigenvalue weighted by atomic mass is 32.2. The zero-order valence-corrected chi connectivity index (χ0v) is 15.5. The van der Waals surface area contributed by atoms with Gasteiger partial charge in [0, 0.05) is 12.0 Å². The molecule has 0 saturated heterocycles. The van der Waals surface area contributed by atoms with Gasteiger partial charge in [-0.25, -0.2) is 19.8 Å². The van der Waals surface area contributed by atoms with E-state index in [0.29, 0.717) is 35.9 Å². The third-order valence-corrected chi connectivity index (χ3v) is 5.85. The molecule has 2 saturated carbocycles. The number of hydrogen-bond acceptors (Lipinski definition) is 9. The van der Waals surface area contributed by atoms with Crippen LogP contribution in [0.25, 0.3) is 11.2 Å². The topological polar surface area (TPSA) is 158 Å². The lowest BCUT2D eigenvalue weighted by molar-refractivity contribution is 0.100. The zero-order chi connectivity index (χ0) is 19.0. The van der Waals surface area contributed by atoms with Gasteiger partial charge in [-0.15, -0.1) is 5.10 Å². The first-order valence-corrected chi connectivity index (χ1v) is 10.6. The lowest BCUT2D eigenvalue weighted by Gasteiger charge is -2.13. The highest BCUT2D eigenvalue weighted by molar-refractivity contribution is 7.84. The number of rotatable bonds is 6. The summed E-state index contributed by atoms with van der Waals surface area (Å²) in [7, 11) is -4.03. The smallest absolute Gasteiger partial charge is 0.333 e. The van der Waals surface area contributed by atoms with Crippen LogP contribution in [0.1, 0.15) is 44.6 Å². The van der Waals surface area contributed by atoms with Crippen molar-refractivity contribution in [1.29, 1.82) is 0 Å². The van der Waals surface area contributed by atoms with E-state index < -0.39 is 16.4 Å². The van der Waals surface area contributed by atoms with Gasteiger partial charge < -0.3 is 10.4 Å². The Labute approximate surface area is 156 Å². The van der Waals surface area contributed by atoms with E-state index in [1.807, 2.05) is 0 Å². The van der Waals surface area contributed by atoms with Gasteiger partial charge in [0.1, 0.15) is 6.33 Å². The first kappa shape index (κ1) is 18.5. The maximum absolute atomic E-state index is 11.0. The molecule has 11 nitrogen and oxygen atoms in total. The van der Waals surface area contributed by atoms with E-state index in [0.717, 1.165) is 12.8 Å². The number of anilines is 1. The molecule has 4 rings (SSSR count). The molecule has 0 bridgehead atoms. The Morgan fingerprint density at radius 3 is 2.81 bits per heavy atom. The summed E-state index contributed by atoms with van der Waals surface area (Å²) in [6.07, 6.45) is 6.30. The van der Waals surface area contributed by atoms with Crippen molar-refractivity contribution >= 4 is 27.3 Å². The Morgan fingerprint density at radius 1 is 1.30 bits per heavy atom. The molecule has 12 heteroatoms. The number of hydrogen-bond donors (Lipinski definition) is 3. The highest BCUT2D eigenvalue weighted by Crippen LogP contribution is 2.36. The van der Waals surface area contributed by atoms with Crippen LogP contribution in [0.3, 0.4) is 0 Å². The van der Waals surface area contributed by atoms with Crippen molar-refractivity contribution in [3.8, 4) is 0 Å². The molecule has 2 aliphatic carbocycles. The number of nitrogens with one attached hydrogen (secondary N) is 1. The third-order valence-electron chi connectivity index (χ3n) is 5.38. The summed E-state index contributed by atoms with van der Waals surface area (Å²) in [5.41, 5.74) is 1.19. The minimum atomic E-state index is -4.03. The van der Waals surface area contributed by atoms with Gasteiger partial charge in [-0.2, -0.15) is 8.42 Å². The molecule has 4 N–H and O–H groups in total. The predicted molar refractivity (Wildman–Crippen MR) is 95.8 cm³/mol. The molecule has 148 valence electrons. The van der Waals surface area contributed by atoms with Crippen LogP contribution in [0.2, 0.25) is 0 Å². The molecule has 2 heterocycles. The highest BCUT2D eigenvalue weighted by Gasteiger charge is 2.36. The third kappa shape index (κ3) is 4.03. The summed E-state index contributed by atoms with van der Waals surface area (Å²) in [6.45, 7) is -0.160. The summed E-state index contributed by atoms with van der Waals surface area (Å²) in [4.78, 5) is 8.62. The second kappa shape index (κ2) is 7.26. The monoisotopic (exact) mass is 397 g/mol. The molecule has 0 spiro atoms. The van der Waals surface area contributed by atoms with Crippen LogP contribution in [0.4, 0.5) is 5.82 Å². The number of nitrogens with two attached hydrogens (primary N) is 1. The number of aliphatic hydroxyl groups excluding tert-OH is 1. The fraction of sp³-hybridized carbons (Fsp3) is 0.733. The SMILES string of the molecule is NS(=O)(=O)OC[C@@H]1C[C@@H](n2nnc3c(NC4CCCC4)ncnc32)C[C@@H]1O. The van der Waals surface area contributed by atoms with Gasteiger partial charge in [-0.3, -0.25) is 4.18 Å². The molecule has 0 aromatic carbocycles. The van der Waals surface area contributed by atoms with Crippen LogP contribution in [-0.4, -0.2) is 57.2 Å². The standard InChI is InChI=1S/C15H23N7O4S/c16-27(24,25)26-7-9-5-11(6-12(9)23)22-15-13(20-21-22)14(17-8-18-15)19-10-3-1-2-4-10/h8-12,23H,1-7H2,(H2,16,24,25)(H,17,18,19)/t9-,11+,12-/m0/s1. The molecule has 0 radical (unpaired) electrons. The van der Waals surface area contributed by atoms with Gasteiger partial charge in [-0.1, -0.05) is 18.1 Å². The first-order chi connectivity index (χ1) is 12.9. The minimum Gasteiger partial charge on any atom is -0.393 e. The maximum atomic E-state index is 11.0. The minimum absolute atomic E-state index is 0.159. The Bertz CT molecular complexity index is 912. The van der Waals surface area contributed by atoms with Crippen LogP contribution in [0.5, 0.6) is 0 Å². The molecule has 0 aliphatic heterocycles. The van der Waals surface area contributed by atoms with E-state index >= 15 is 0 Å². The number of aromatic nitrogens is 5. The molecule has 2 fully saturated rings. The van der Waals surface area contributed by atoms with Crippen molar-refractivity contribution in [3.63, 3.8) is 0 Å². The Morgan fingerprint density at radius 2 is 2.07 bits per heavy atom. The number of nitrogens with zero attached hydrogens (tertiary/aromatic N) is 5. The molecule has 0 amide bonds. The van der Waals surface area contributed by atoms with E-state index in [-0.39, 0.29) is 18.6 Å². The zero-order valence-electron chi connectivity index (χ0n) is 14.7. The summed E-state index contributed by atoms with van der Waals surface area (Å²) in [5.74, 6) is 0.316. The molecule has 2 aromatic heterocycles. The largest absolute Gasteiger partial charge is 0.393 e. The van der Waals surface area contributed by atoms with E-state index in [1.165, 1.54) is 19.2 Å². The molecule has 0 unspecified atom stereocenters. The van der Waals surface area contributed by atoms with Gasteiger partial charge >= 0.3 is 10.3 Å². The van der Waals surface area contributed by atoms with Gasteiger partial charge in [-0.05, 0) is 25.7 Å². The van der Waals surface area contributed by atoms with Gasteiger partial charge in [0.2, 0.25) is 0 Å². The fourth-order valence-electron chi connectivity index (χ4n) is 4.01. The molecular weight excluding hydrogens is 374 g/mol. The summed E-state index contributed by atoms with van der Waals surface area (Å²) in [6, 6.07) is 0.231. The van der Waals surface area contributed by atoms with Crippen LogP contribution < -0.4 is 10.5 Å². The molecule has 2 aromatic rings. The van der Waals surface area contributed by atoms with E-state index in [4.69, 9.17) is 5.14 Å². The number of aliphatic hydroxyl groups is 1. The van der Waals surface area contributed by atoms with Crippen molar-refractivity contribution in [2.45, 2.75) is 56.7 Å². The second-order valence-corrected chi connectivity index (χ2v) is 8.51. The molecule has 3 atom stereocenters. The molecule has 27 heavy (non-hydrogen) atoms. The summed E-state index contributed by atoms with van der Waals surface area (Å²) < 4.78 is 28.3. The van der Waals surface area contributed by atoms with Crippen LogP contribution >= 0.6 is 0 Å². The van der Waals surface area contributed by atoms with Gasteiger partial charge in [0.15, 0.2) is 17.0 Å². The Balaban J connectivity index is 1.52. The summed E-state index contributed by atoms with van der Waals surface area (Å²) >= 11 is 0. The predicted octanol–water partition coefficient (Wildman–Crippen LogP) is 0.108. The van der Waals surface area contributed by atoms with E-state index in [1.54, 1.807) is 4.68 Å². The van der Waals surface area contributed by atoms with Crippen LogP contribution in [0.15, 0.2) is 6.33 Å². The van der Waals surface area contributed by atoms with Crippen molar-refractivity contribution < 1.29 is 17.7 Å². The van der Waals surface area contributed by atoms with Gasteiger partial charge in [0.05, 0.1) is 18.8 Å². The van der Waals surface area contributed by atoms with Crippen molar-refractivity contribution in [2.24, 2.45) is 11.1 Å². The second-order valence-electron chi connectivity index (χ2n) is 7.28. The first-order valence-electron chi connectivity index (χ1n) is 9.08. The van der Waals surface area contributed by atoms with E-state index in [2.05, 4.69) is 29.8 Å². The lowest BCUT2D eigenvalue weighted by Crippen LogP contribution is -2.24. The number of fused-ring (bicyclic) bond motifs is 1. The van der Waals surface area contributed by atoms with Crippen molar-refractivity contribution in [1.82, 2.24) is 25.0 Å². The quantitative estimate of drug-likeness (QED) is 0.615. The average Bonchev–Trinajstić information content (AvgIpc) is 3.32. The summed E-state index contributed by atoms with van der Waals surface area (Å²) in [5, 5.41) is 27.0. The average molecular weight is 397 g/mol. The Hall–Kier alpha value is -1.89. The fourth-order valence-corrected chi connectivity index (χ4v) is 4.38. The lowest BCUT2D eigenvalue weighted by atomic mass is 10.1. The normalized spacial score (nSPS) is 26.8. The van der Waals surface area contributed by atoms with Crippen molar-refractivity contribution in [3.05, 3.63) is 6.33 Å². The van der Waals surface area contributed by atoms with Gasteiger partial charge in [0.25, 0.3) is 0 Å². The molecular formula is C15H23N7O4S. The van der Waals surface area contributed by atoms with Crippen molar-refractivity contribution in [2.75, 3.05) is 11.9 Å². The maximum Gasteiger partial charge on any atom is 0.333 e. The Kier molecular flexibility index (Phi) is 4.97. The van der Waals surface area contributed by atoms with Crippen LogP contribution in [0, 0.1) is 5.92 Å². The van der Waals surface area contributed by atoms with E-state index in [9.17, 15) is 13.5 Å². The molecule has 2 aliphatic rings. The van der Waals surface area contributed by atoms with Crippen LogP contribution in [-0.2, 0) is 14.5 Å².